The van der Waals surface area contributed by atoms with E-state index in [2.05, 4.69) is 6.07 Å². The van der Waals surface area contributed by atoms with Crippen LogP contribution in [-0.2, 0) is 4.74 Å². The standard InChI is InChI=1S/C19H15ClN2O2/c1-23-15-7-5-12(6-8-15)18-10-16(17(11-21)19(22)24-18)13-3-2-4-14(20)9-13/h2-10,16H,22H2,1H3. The summed E-state index contributed by atoms with van der Waals surface area (Å²) in [6.07, 6.45) is 1.88. The first-order chi connectivity index (χ1) is 11.6. The van der Waals surface area contributed by atoms with E-state index in [9.17, 15) is 5.26 Å². The molecule has 1 atom stereocenters. The first kappa shape index (κ1) is 16.0. The van der Waals surface area contributed by atoms with Crippen LogP contribution >= 0.6 is 11.6 Å². The Morgan fingerprint density at radius 1 is 1.21 bits per heavy atom. The number of halogens is 1. The Balaban J connectivity index is 2.04. The monoisotopic (exact) mass is 338 g/mol. The van der Waals surface area contributed by atoms with Crippen molar-refractivity contribution in [3.05, 3.63) is 82.2 Å². The topological polar surface area (TPSA) is 68.3 Å². The molecule has 0 saturated carbocycles. The third-order valence-electron chi connectivity index (χ3n) is 3.82. The zero-order valence-corrected chi connectivity index (χ0v) is 13.7. The Hall–Kier alpha value is -2.90. The maximum absolute atomic E-state index is 9.44. The van der Waals surface area contributed by atoms with Gasteiger partial charge in [-0.1, -0.05) is 23.7 Å². The zero-order valence-electron chi connectivity index (χ0n) is 13.0. The first-order valence-electron chi connectivity index (χ1n) is 7.31. The van der Waals surface area contributed by atoms with Gasteiger partial charge in [-0.25, -0.2) is 0 Å². The lowest BCUT2D eigenvalue weighted by Gasteiger charge is -2.23. The summed E-state index contributed by atoms with van der Waals surface area (Å²) in [5, 5.41) is 10.0. The van der Waals surface area contributed by atoms with Crippen LogP contribution in [0.15, 0.2) is 66.1 Å². The molecule has 3 rings (SSSR count). The van der Waals surface area contributed by atoms with Crippen molar-refractivity contribution in [2.45, 2.75) is 5.92 Å². The van der Waals surface area contributed by atoms with Crippen molar-refractivity contribution in [1.82, 2.24) is 0 Å². The minimum Gasteiger partial charge on any atom is -0.497 e. The van der Waals surface area contributed by atoms with Crippen LogP contribution in [0.5, 0.6) is 5.75 Å². The Bertz CT molecular complexity index is 864. The largest absolute Gasteiger partial charge is 0.497 e. The third-order valence-corrected chi connectivity index (χ3v) is 4.05. The van der Waals surface area contributed by atoms with Gasteiger partial charge in [0, 0.05) is 16.5 Å². The molecule has 1 heterocycles. The molecule has 0 saturated heterocycles. The van der Waals surface area contributed by atoms with Crippen molar-refractivity contribution in [3.63, 3.8) is 0 Å². The molecule has 0 aromatic heterocycles. The smallest absolute Gasteiger partial charge is 0.205 e. The average molecular weight is 339 g/mol. The van der Waals surface area contributed by atoms with Gasteiger partial charge in [0.05, 0.1) is 7.11 Å². The van der Waals surface area contributed by atoms with Gasteiger partial charge in [0.15, 0.2) is 0 Å². The lowest BCUT2D eigenvalue weighted by molar-refractivity contribution is 0.360. The molecule has 24 heavy (non-hydrogen) atoms. The highest BCUT2D eigenvalue weighted by Gasteiger charge is 2.26. The van der Waals surface area contributed by atoms with Gasteiger partial charge in [0.1, 0.15) is 23.2 Å². The molecule has 0 aliphatic carbocycles. The third kappa shape index (κ3) is 3.08. The molecular weight excluding hydrogens is 324 g/mol. The molecule has 120 valence electrons. The summed E-state index contributed by atoms with van der Waals surface area (Å²) in [5.41, 5.74) is 8.08. The predicted molar refractivity (Wildman–Crippen MR) is 93.1 cm³/mol. The van der Waals surface area contributed by atoms with Gasteiger partial charge >= 0.3 is 0 Å². The molecule has 0 amide bonds. The number of benzene rings is 2. The van der Waals surface area contributed by atoms with Crippen molar-refractivity contribution in [2.24, 2.45) is 5.73 Å². The molecule has 0 fully saturated rings. The van der Waals surface area contributed by atoms with Gasteiger partial charge in [0.25, 0.3) is 0 Å². The van der Waals surface area contributed by atoms with Crippen molar-refractivity contribution >= 4 is 17.4 Å². The summed E-state index contributed by atoms with van der Waals surface area (Å²) in [5.74, 6) is 1.15. The van der Waals surface area contributed by atoms with Crippen LogP contribution in [0.2, 0.25) is 5.02 Å². The van der Waals surface area contributed by atoms with Gasteiger partial charge in [-0.3, -0.25) is 0 Å². The number of nitrogens with two attached hydrogens (primary N) is 1. The van der Waals surface area contributed by atoms with Crippen LogP contribution in [0.1, 0.15) is 17.0 Å². The number of allylic oxidation sites excluding steroid dienone is 2. The molecule has 0 radical (unpaired) electrons. The fourth-order valence-electron chi connectivity index (χ4n) is 2.59. The van der Waals surface area contributed by atoms with Crippen molar-refractivity contribution in [1.29, 1.82) is 5.26 Å². The molecule has 2 aromatic rings. The normalized spacial score (nSPS) is 16.9. The second kappa shape index (κ2) is 6.69. The quantitative estimate of drug-likeness (QED) is 0.910. The summed E-state index contributed by atoms with van der Waals surface area (Å²) >= 11 is 6.08. The maximum atomic E-state index is 9.44. The highest BCUT2D eigenvalue weighted by Crippen LogP contribution is 2.37. The second-order valence-corrected chi connectivity index (χ2v) is 5.72. The van der Waals surface area contributed by atoms with E-state index in [0.717, 1.165) is 16.9 Å². The average Bonchev–Trinajstić information content (AvgIpc) is 2.61. The van der Waals surface area contributed by atoms with Crippen LogP contribution < -0.4 is 10.5 Å². The Morgan fingerprint density at radius 3 is 2.58 bits per heavy atom. The molecule has 1 aliphatic rings. The molecule has 0 spiro atoms. The minimum atomic E-state index is -0.306. The van der Waals surface area contributed by atoms with Gasteiger partial charge < -0.3 is 15.2 Å². The van der Waals surface area contributed by atoms with Gasteiger partial charge in [0.2, 0.25) is 5.88 Å². The number of nitriles is 1. The number of nitrogens with zero attached hydrogens (tertiary/aromatic N) is 1. The summed E-state index contributed by atoms with van der Waals surface area (Å²) in [4.78, 5) is 0. The Kier molecular flexibility index (Phi) is 4.45. The summed E-state index contributed by atoms with van der Waals surface area (Å²) in [7, 11) is 1.61. The predicted octanol–water partition coefficient (Wildman–Crippen LogP) is 4.20. The van der Waals surface area contributed by atoms with Crippen molar-refractivity contribution in [2.75, 3.05) is 7.11 Å². The fraction of sp³-hybridized carbons (Fsp3) is 0.105. The van der Waals surface area contributed by atoms with E-state index < -0.39 is 0 Å². The molecular formula is C19H15ClN2O2. The summed E-state index contributed by atoms with van der Waals surface area (Å²) in [6.45, 7) is 0. The van der Waals surface area contributed by atoms with Crippen LogP contribution in [0.3, 0.4) is 0 Å². The van der Waals surface area contributed by atoms with Crippen LogP contribution in [0.25, 0.3) is 5.76 Å². The molecule has 2 N–H and O–H groups in total. The number of methoxy groups -OCH3 is 1. The molecule has 4 nitrogen and oxygen atoms in total. The van der Waals surface area contributed by atoms with Crippen molar-refractivity contribution in [3.8, 4) is 11.8 Å². The fourth-order valence-corrected chi connectivity index (χ4v) is 2.79. The molecule has 1 aliphatic heterocycles. The summed E-state index contributed by atoms with van der Waals surface area (Å²) < 4.78 is 10.8. The molecule has 2 aromatic carbocycles. The molecule has 5 heteroatoms. The maximum Gasteiger partial charge on any atom is 0.205 e. The van der Waals surface area contributed by atoms with E-state index in [1.54, 1.807) is 13.2 Å². The van der Waals surface area contributed by atoms with E-state index in [0.29, 0.717) is 16.4 Å². The van der Waals surface area contributed by atoms with E-state index in [1.165, 1.54) is 0 Å². The van der Waals surface area contributed by atoms with Crippen LogP contribution in [0, 0.1) is 11.3 Å². The number of hydrogen-bond donors (Lipinski definition) is 1. The Morgan fingerprint density at radius 2 is 1.96 bits per heavy atom. The number of rotatable bonds is 3. The molecule has 0 bridgehead atoms. The highest BCUT2D eigenvalue weighted by atomic mass is 35.5. The SMILES string of the molecule is COc1ccc(C2=CC(c3cccc(Cl)c3)C(C#N)=C(N)O2)cc1. The lowest BCUT2D eigenvalue weighted by Crippen LogP contribution is -2.16. The highest BCUT2D eigenvalue weighted by molar-refractivity contribution is 6.30. The van der Waals surface area contributed by atoms with Gasteiger partial charge in [-0.15, -0.1) is 0 Å². The second-order valence-electron chi connectivity index (χ2n) is 5.28. The molecule has 1 unspecified atom stereocenters. The van der Waals surface area contributed by atoms with E-state index in [-0.39, 0.29) is 11.8 Å². The first-order valence-corrected chi connectivity index (χ1v) is 7.69. The zero-order chi connectivity index (χ0) is 17.1. The van der Waals surface area contributed by atoms with Gasteiger partial charge in [-0.2, -0.15) is 5.26 Å². The van der Waals surface area contributed by atoms with Crippen LogP contribution in [-0.4, -0.2) is 7.11 Å². The van der Waals surface area contributed by atoms with Crippen molar-refractivity contribution < 1.29 is 9.47 Å². The van der Waals surface area contributed by atoms with Gasteiger partial charge in [-0.05, 0) is 48.0 Å². The van der Waals surface area contributed by atoms with E-state index >= 15 is 0 Å². The Labute approximate surface area is 145 Å². The minimum absolute atomic E-state index is 0.107. The number of ether oxygens (including phenoxy) is 2. The summed E-state index contributed by atoms with van der Waals surface area (Å²) in [6, 6.07) is 16.9. The lowest BCUT2D eigenvalue weighted by atomic mass is 9.89. The van der Waals surface area contributed by atoms with E-state index in [4.69, 9.17) is 26.8 Å². The van der Waals surface area contributed by atoms with E-state index in [1.807, 2.05) is 48.5 Å². The number of hydrogen-bond acceptors (Lipinski definition) is 4. The van der Waals surface area contributed by atoms with Crippen LogP contribution in [0.4, 0.5) is 0 Å².